The van der Waals surface area contributed by atoms with Crippen LogP contribution in [0.4, 0.5) is 4.39 Å². The van der Waals surface area contributed by atoms with Gasteiger partial charge in [-0.25, -0.2) is 9.82 Å². The summed E-state index contributed by atoms with van der Waals surface area (Å²) in [5.41, 5.74) is 3.62. The summed E-state index contributed by atoms with van der Waals surface area (Å²) < 4.78 is 12.7. The Hall–Kier alpha value is -3.02. The Morgan fingerprint density at radius 1 is 1.04 bits per heavy atom. The third kappa shape index (κ3) is 5.03. The van der Waals surface area contributed by atoms with Gasteiger partial charge in [-0.15, -0.1) is 0 Å². The highest BCUT2D eigenvalue weighted by atomic mass is 19.1. The molecule has 5 nitrogen and oxygen atoms in total. The summed E-state index contributed by atoms with van der Waals surface area (Å²) in [4.78, 5) is 23.4. The summed E-state index contributed by atoms with van der Waals surface area (Å²) >= 11 is 0. The summed E-state index contributed by atoms with van der Waals surface area (Å²) in [6.07, 6.45) is 1.32. The van der Waals surface area contributed by atoms with E-state index in [0.29, 0.717) is 5.56 Å². The second-order valence-corrected chi connectivity index (χ2v) is 4.86. The van der Waals surface area contributed by atoms with Gasteiger partial charge >= 0.3 is 11.8 Å². The largest absolute Gasteiger partial charge is 0.341 e. The molecule has 23 heavy (non-hydrogen) atoms. The fraction of sp³-hybridized carbons (Fsp3) is 0.118. The number of amides is 2. The summed E-state index contributed by atoms with van der Waals surface area (Å²) in [5.74, 6) is -2.01. The molecular weight excluding hydrogens is 297 g/mol. The molecule has 0 fully saturated rings. The van der Waals surface area contributed by atoms with E-state index < -0.39 is 11.8 Å². The predicted molar refractivity (Wildman–Crippen MR) is 85.1 cm³/mol. The summed E-state index contributed by atoms with van der Waals surface area (Å²) in [6.45, 7) is 1.78. The minimum absolute atomic E-state index is 0.296. The molecule has 2 amide bonds. The molecule has 0 aromatic heterocycles. The zero-order valence-corrected chi connectivity index (χ0v) is 12.5. The van der Waals surface area contributed by atoms with Crippen molar-refractivity contribution in [3.05, 3.63) is 71.5 Å². The van der Waals surface area contributed by atoms with Crippen molar-refractivity contribution in [2.75, 3.05) is 0 Å². The number of hydrazone groups is 1. The number of halogens is 1. The van der Waals surface area contributed by atoms with E-state index in [0.717, 1.165) is 5.56 Å². The van der Waals surface area contributed by atoms with Crippen molar-refractivity contribution in [2.45, 2.75) is 13.0 Å². The van der Waals surface area contributed by atoms with Crippen LogP contribution in [0.5, 0.6) is 0 Å². The smallest absolute Gasteiger partial charge is 0.329 e. The first-order valence-corrected chi connectivity index (χ1v) is 7.00. The van der Waals surface area contributed by atoms with Gasteiger partial charge in [-0.3, -0.25) is 9.59 Å². The molecule has 0 heterocycles. The molecule has 2 N–H and O–H groups in total. The molecule has 2 aromatic carbocycles. The van der Waals surface area contributed by atoms with Gasteiger partial charge in [-0.05, 0) is 30.2 Å². The van der Waals surface area contributed by atoms with Crippen LogP contribution in [0.15, 0.2) is 59.7 Å². The Morgan fingerprint density at radius 2 is 1.70 bits per heavy atom. The van der Waals surface area contributed by atoms with Crippen LogP contribution < -0.4 is 10.7 Å². The lowest BCUT2D eigenvalue weighted by Gasteiger charge is -2.13. The van der Waals surface area contributed by atoms with Gasteiger partial charge in [0.1, 0.15) is 5.82 Å². The van der Waals surface area contributed by atoms with Gasteiger partial charge in [0.15, 0.2) is 0 Å². The maximum absolute atomic E-state index is 12.7. The number of benzene rings is 2. The molecule has 0 saturated heterocycles. The zero-order chi connectivity index (χ0) is 16.7. The standard InChI is InChI=1S/C17H16FN3O2/c1-12(14-5-3-2-4-6-14)20-16(22)17(23)21-19-11-13-7-9-15(18)10-8-13/h2-12H,1H3,(H,20,22)(H,21,23). The second-order valence-electron chi connectivity index (χ2n) is 4.86. The Labute approximate surface area is 133 Å². The first-order chi connectivity index (χ1) is 11.1. The van der Waals surface area contributed by atoms with Gasteiger partial charge in [0, 0.05) is 0 Å². The van der Waals surface area contributed by atoms with E-state index >= 15 is 0 Å². The monoisotopic (exact) mass is 313 g/mol. The first kappa shape index (κ1) is 16.4. The van der Waals surface area contributed by atoms with Crippen molar-refractivity contribution in [3.8, 4) is 0 Å². The Bertz CT molecular complexity index is 700. The van der Waals surface area contributed by atoms with Crippen molar-refractivity contribution >= 4 is 18.0 Å². The molecule has 0 spiro atoms. The van der Waals surface area contributed by atoms with Crippen molar-refractivity contribution in [1.29, 1.82) is 0 Å². The van der Waals surface area contributed by atoms with Gasteiger partial charge in [0.05, 0.1) is 12.3 Å². The van der Waals surface area contributed by atoms with Gasteiger partial charge in [-0.2, -0.15) is 5.10 Å². The van der Waals surface area contributed by atoms with E-state index in [9.17, 15) is 14.0 Å². The van der Waals surface area contributed by atoms with Gasteiger partial charge < -0.3 is 5.32 Å². The van der Waals surface area contributed by atoms with E-state index in [-0.39, 0.29) is 11.9 Å². The average Bonchev–Trinajstić information content (AvgIpc) is 2.57. The lowest BCUT2D eigenvalue weighted by Crippen LogP contribution is -2.39. The van der Waals surface area contributed by atoms with Gasteiger partial charge in [-0.1, -0.05) is 42.5 Å². The topological polar surface area (TPSA) is 70.6 Å². The molecule has 0 radical (unpaired) electrons. The number of carbonyl (C=O) groups is 2. The maximum atomic E-state index is 12.7. The van der Waals surface area contributed by atoms with Crippen molar-refractivity contribution in [3.63, 3.8) is 0 Å². The molecule has 0 saturated carbocycles. The number of nitrogens with zero attached hydrogens (tertiary/aromatic N) is 1. The van der Waals surface area contributed by atoms with E-state index in [1.165, 1.54) is 30.5 Å². The highest BCUT2D eigenvalue weighted by Crippen LogP contribution is 2.10. The third-order valence-electron chi connectivity index (χ3n) is 3.10. The van der Waals surface area contributed by atoms with E-state index in [2.05, 4.69) is 15.8 Å². The average molecular weight is 313 g/mol. The van der Waals surface area contributed by atoms with Crippen LogP contribution in [0.3, 0.4) is 0 Å². The summed E-state index contributed by atoms with van der Waals surface area (Å²) in [7, 11) is 0. The van der Waals surface area contributed by atoms with Crippen molar-refractivity contribution < 1.29 is 14.0 Å². The number of hydrogen-bond donors (Lipinski definition) is 2. The Balaban J connectivity index is 1.85. The number of carbonyl (C=O) groups excluding carboxylic acids is 2. The van der Waals surface area contributed by atoms with Crippen LogP contribution in [-0.4, -0.2) is 18.0 Å². The van der Waals surface area contributed by atoms with Crippen LogP contribution >= 0.6 is 0 Å². The minimum Gasteiger partial charge on any atom is -0.341 e. The molecule has 1 atom stereocenters. The molecule has 0 aliphatic heterocycles. The lowest BCUT2D eigenvalue weighted by molar-refractivity contribution is -0.139. The molecule has 0 bridgehead atoms. The van der Waals surface area contributed by atoms with Crippen molar-refractivity contribution in [1.82, 2.24) is 10.7 Å². The third-order valence-corrected chi connectivity index (χ3v) is 3.10. The van der Waals surface area contributed by atoms with Gasteiger partial charge in [0.25, 0.3) is 0 Å². The van der Waals surface area contributed by atoms with E-state index in [4.69, 9.17) is 0 Å². The van der Waals surface area contributed by atoms with E-state index in [1.807, 2.05) is 30.3 Å². The first-order valence-electron chi connectivity index (χ1n) is 7.00. The highest BCUT2D eigenvalue weighted by Gasteiger charge is 2.16. The maximum Gasteiger partial charge on any atom is 0.329 e. The number of nitrogens with one attached hydrogen (secondary N) is 2. The predicted octanol–water partition coefficient (Wildman–Crippen LogP) is 2.15. The Kier molecular flexibility index (Phi) is 5.57. The quantitative estimate of drug-likeness (QED) is 0.516. The molecule has 0 aliphatic rings. The lowest BCUT2D eigenvalue weighted by atomic mass is 10.1. The highest BCUT2D eigenvalue weighted by molar-refractivity contribution is 6.35. The zero-order valence-electron chi connectivity index (χ0n) is 12.5. The molecular formula is C17H16FN3O2. The number of rotatable bonds is 4. The second kappa shape index (κ2) is 7.84. The molecule has 2 aromatic rings. The van der Waals surface area contributed by atoms with E-state index in [1.54, 1.807) is 6.92 Å². The van der Waals surface area contributed by atoms with Crippen molar-refractivity contribution in [2.24, 2.45) is 5.10 Å². The fourth-order valence-corrected chi connectivity index (χ4v) is 1.85. The van der Waals surface area contributed by atoms with Crippen LogP contribution in [-0.2, 0) is 9.59 Å². The van der Waals surface area contributed by atoms with Crippen LogP contribution in [0.2, 0.25) is 0 Å². The summed E-state index contributed by atoms with van der Waals surface area (Å²) in [5, 5.41) is 6.24. The minimum atomic E-state index is -0.869. The normalized spacial score (nSPS) is 11.9. The number of hydrogen-bond acceptors (Lipinski definition) is 3. The van der Waals surface area contributed by atoms with Crippen LogP contribution in [0.1, 0.15) is 24.1 Å². The van der Waals surface area contributed by atoms with Crippen LogP contribution in [0, 0.1) is 5.82 Å². The molecule has 1 unspecified atom stereocenters. The molecule has 118 valence electrons. The van der Waals surface area contributed by atoms with Gasteiger partial charge in [0.2, 0.25) is 0 Å². The molecule has 2 rings (SSSR count). The van der Waals surface area contributed by atoms with Crippen LogP contribution in [0.25, 0.3) is 0 Å². The summed E-state index contributed by atoms with van der Waals surface area (Å²) in [6, 6.07) is 14.5. The molecule has 0 aliphatic carbocycles. The molecule has 6 heteroatoms. The fourth-order valence-electron chi connectivity index (χ4n) is 1.85. The Morgan fingerprint density at radius 3 is 2.35 bits per heavy atom. The SMILES string of the molecule is CC(NC(=O)C(=O)NN=Cc1ccc(F)cc1)c1ccccc1.